The summed E-state index contributed by atoms with van der Waals surface area (Å²) in [5.41, 5.74) is -0.789. The smallest absolute Gasteiger partial charge is 0.332 e. The molecule has 0 radical (unpaired) electrons. The van der Waals surface area contributed by atoms with Gasteiger partial charge >= 0.3 is 17.9 Å². The maximum Gasteiger partial charge on any atom is 0.332 e. The van der Waals surface area contributed by atoms with Gasteiger partial charge in [-0.3, -0.25) is 4.79 Å². The second-order valence-corrected chi connectivity index (χ2v) is 14.4. The van der Waals surface area contributed by atoms with E-state index in [0.29, 0.717) is 19.8 Å². The first-order valence-electron chi connectivity index (χ1n) is 19.9. The predicted octanol–water partition coefficient (Wildman–Crippen LogP) is 10.1. The summed E-state index contributed by atoms with van der Waals surface area (Å²) in [5, 5.41) is 33.3. The molecule has 0 aliphatic heterocycles. The molecule has 15 heteroatoms. The topological polar surface area (TPSA) is 197 Å². The summed E-state index contributed by atoms with van der Waals surface area (Å²) in [6, 6.07) is 0. The Morgan fingerprint density at radius 1 is 0.433 bits per heavy atom. The van der Waals surface area contributed by atoms with Crippen molar-refractivity contribution in [1.82, 2.24) is 0 Å². The van der Waals surface area contributed by atoms with E-state index in [2.05, 4.69) is 15.9 Å². The monoisotopic (exact) mass is 947 g/mol. The second kappa shape index (κ2) is 66.7. The molecule has 0 atom stereocenters. The van der Waals surface area contributed by atoms with Crippen LogP contribution in [-0.4, -0.2) is 141 Å². The lowest BCUT2D eigenvalue weighted by Crippen LogP contribution is -2.26. The SMILES string of the molecule is C.C.C.C.C.CC(C)(C)OC(=O)CBr.CCOCCCCCO.CCOCCCCCOCC(=O)O.CCOCCCCCOCC(=O)OC(C)(C)C.OCCCCCO. The van der Waals surface area contributed by atoms with Crippen LogP contribution in [0.4, 0.5) is 0 Å². The molecular weight excluding hydrogens is 844 g/mol. The van der Waals surface area contributed by atoms with Crippen LogP contribution in [0.2, 0.25) is 0 Å². The molecule has 0 amide bonds. The second-order valence-electron chi connectivity index (χ2n) is 13.8. The number of unbranched alkanes of at least 4 members (excludes halogenated alkanes) is 8. The third-order valence-corrected chi connectivity index (χ3v) is 6.38. The number of hydrogen-bond donors (Lipinski definition) is 4. The number of alkyl halides is 1. The van der Waals surface area contributed by atoms with Crippen molar-refractivity contribution in [3.05, 3.63) is 0 Å². The zero-order chi connectivity index (χ0) is 43.1. The van der Waals surface area contributed by atoms with E-state index < -0.39 is 11.6 Å². The Morgan fingerprint density at radius 2 is 0.700 bits per heavy atom. The van der Waals surface area contributed by atoms with E-state index in [1.165, 1.54) is 0 Å². The van der Waals surface area contributed by atoms with Crippen molar-refractivity contribution in [3.63, 3.8) is 0 Å². The summed E-state index contributed by atoms with van der Waals surface area (Å²) in [6.07, 6.45) is 11.7. The van der Waals surface area contributed by atoms with Gasteiger partial charge in [-0.2, -0.15) is 0 Å². The van der Waals surface area contributed by atoms with Gasteiger partial charge in [0.05, 0.1) is 0 Å². The summed E-state index contributed by atoms with van der Waals surface area (Å²) in [4.78, 5) is 31.9. The normalized spacial score (nSPS) is 9.75. The summed E-state index contributed by atoms with van der Waals surface area (Å²) >= 11 is 2.99. The number of halogens is 1. The highest BCUT2D eigenvalue weighted by molar-refractivity contribution is 9.09. The number of hydrogen-bond acceptors (Lipinski definition) is 13. The standard InChI is InChI=1S/C13H26O4.C9H18O4.C7H16O2.C6H11BrO2.C5H12O2.5CH4/c1-5-15-9-7-6-8-10-16-11-12(14)17-13(2,3)4;1-2-12-6-4-3-5-7-13-8-9(10)11;1-2-9-7-5-3-4-6-8;1-6(2,3)9-5(8)4-7;6-4-2-1-3-5-7;;;;;/h5-11H2,1-4H3;2-8H2,1H3,(H,10,11);8H,2-7H2,1H3;4H2,1-3H3;6-7H,1-5H2;5*1H4. The molecule has 0 heterocycles. The summed E-state index contributed by atoms with van der Waals surface area (Å²) < 4.78 is 35.6. The van der Waals surface area contributed by atoms with Gasteiger partial charge in [0.1, 0.15) is 29.7 Å². The Labute approximate surface area is 379 Å². The van der Waals surface area contributed by atoms with Gasteiger partial charge in [0.15, 0.2) is 0 Å². The molecule has 0 aliphatic carbocycles. The van der Waals surface area contributed by atoms with Crippen LogP contribution in [0.5, 0.6) is 0 Å². The third-order valence-electron chi connectivity index (χ3n) is 5.92. The van der Waals surface area contributed by atoms with Gasteiger partial charge in [-0.1, -0.05) is 53.1 Å². The van der Waals surface area contributed by atoms with Crippen molar-refractivity contribution in [2.24, 2.45) is 0 Å². The van der Waals surface area contributed by atoms with Crippen molar-refractivity contribution in [2.75, 3.05) is 91.2 Å². The molecule has 0 bridgehead atoms. The lowest BCUT2D eigenvalue weighted by atomic mass is 10.2. The van der Waals surface area contributed by atoms with Gasteiger partial charge in [0.25, 0.3) is 0 Å². The number of rotatable bonds is 29. The van der Waals surface area contributed by atoms with Gasteiger partial charge in [-0.15, -0.1) is 0 Å². The highest BCUT2D eigenvalue weighted by Crippen LogP contribution is 2.08. The first kappa shape index (κ1) is 82.3. The van der Waals surface area contributed by atoms with Crippen LogP contribution < -0.4 is 0 Å². The Balaban J connectivity index is -0.0000000659. The Bertz CT molecular complexity index is 766. The summed E-state index contributed by atoms with van der Waals surface area (Å²) in [5.74, 6) is -1.43. The number of aliphatic carboxylic acids is 1. The van der Waals surface area contributed by atoms with Crippen molar-refractivity contribution < 1.29 is 68.0 Å². The molecule has 4 N–H and O–H groups in total. The van der Waals surface area contributed by atoms with Gasteiger partial charge in [0, 0.05) is 72.7 Å². The molecule has 0 saturated carbocycles. The fourth-order valence-electron chi connectivity index (χ4n) is 3.55. The van der Waals surface area contributed by atoms with Gasteiger partial charge in [-0.25, -0.2) is 9.59 Å². The van der Waals surface area contributed by atoms with E-state index >= 15 is 0 Å². The van der Waals surface area contributed by atoms with E-state index in [1.54, 1.807) is 0 Å². The first-order valence-corrected chi connectivity index (χ1v) is 21.1. The molecule has 0 spiro atoms. The van der Waals surface area contributed by atoms with Crippen molar-refractivity contribution in [1.29, 1.82) is 0 Å². The van der Waals surface area contributed by atoms with Gasteiger partial charge in [-0.05, 0) is 139 Å². The van der Waals surface area contributed by atoms with Crippen LogP contribution in [0.3, 0.4) is 0 Å². The number of carbonyl (C=O) groups is 3. The zero-order valence-electron chi connectivity index (χ0n) is 36.1. The minimum Gasteiger partial charge on any atom is -0.480 e. The maximum absolute atomic E-state index is 11.3. The van der Waals surface area contributed by atoms with E-state index in [0.717, 1.165) is 117 Å². The van der Waals surface area contributed by atoms with Crippen LogP contribution >= 0.6 is 15.9 Å². The number of carbonyl (C=O) groups excluding carboxylic acids is 2. The van der Waals surface area contributed by atoms with Crippen molar-refractivity contribution >= 4 is 33.8 Å². The average Bonchev–Trinajstić information content (AvgIpc) is 3.10. The number of ether oxygens (including phenoxy) is 7. The zero-order valence-corrected chi connectivity index (χ0v) is 37.7. The quantitative estimate of drug-likeness (QED) is 0.0314. The molecule has 374 valence electrons. The molecule has 0 aromatic rings. The lowest BCUT2D eigenvalue weighted by Gasteiger charge is -2.19. The van der Waals surface area contributed by atoms with Crippen molar-refractivity contribution in [3.8, 4) is 0 Å². The van der Waals surface area contributed by atoms with Crippen LogP contribution in [0.15, 0.2) is 0 Å². The van der Waals surface area contributed by atoms with Gasteiger partial charge < -0.3 is 53.6 Å². The summed E-state index contributed by atoms with van der Waals surface area (Å²) in [7, 11) is 0. The van der Waals surface area contributed by atoms with E-state index in [4.69, 9.17) is 53.6 Å². The molecule has 0 unspecified atom stereocenters. The molecular formula is C45H103BrO14. The molecule has 0 saturated heterocycles. The lowest BCUT2D eigenvalue weighted by molar-refractivity contribution is -0.160. The van der Waals surface area contributed by atoms with E-state index in [-0.39, 0.29) is 86.4 Å². The minimum atomic E-state index is -0.908. The fraction of sp³-hybridized carbons (Fsp3) is 0.933. The number of carboxylic acid groups (broad SMARTS) is 1. The maximum atomic E-state index is 11.3. The van der Waals surface area contributed by atoms with Crippen LogP contribution in [-0.2, 0) is 47.5 Å². The Kier molecular flexibility index (Phi) is 91.4. The highest BCUT2D eigenvalue weighted by atomic mass is 79.9. The van der Waals surface area contributed by atoms with Crippen LogP contribution in [0.25, 0.3) is 0 Å². The molecule has 0 aromatic carbocycles. The van der Waals surface area contributed by atoms with E-state index in [9.17, 15) is 14.4 Å². The molecule has 0 aliphatic rings. The van der Waals surface area contributed by atoms with Crippen LogP contribution in [0, 0.1) is 0 Å². The van der Waals surface area contributed by atoms with E-state index in [1.807, 2.05) is 62.3 Å². The fourth-order valence-corrected chi connectivity index (χ4v) is 3.67. The predicted molar refractivity (Wildman–Crippen MR) is 255 cm³/mol. The number of esters is 2. The third kappa shape index (κ3) is 106. The number of aliphatic hydroxyl groups is 3. The first-order chi connectivity index (χ1) is 26.0. The molecule has 60 heavy (non-hydrogen) atoms. The molecule has 0 aromatic heterocycles. The molecule has 0 fully saturated rings. The average molecular weight is 948 g/mol. The highest BCUT2D eigenvalue weighted by Gasteiger charge is 2.16. The minimum absolute atomic E-state index is 0. The van der Waals surface area contributed by atoms with Crippen LogP contribution in [0.1, 0.15) is 176 Å². The Hall–Kier alpha value is -1.43. The van der Waals surface area contributed by atoms with Gasteiger partial charge in [0.2, 0.25) is 0 Å². The van der Waals surface area contributed by atoms with Crippen molar-refractivity contribution in [2.45, 2.75) is 188 Å². The Morgan fingerprint density at radius 3 is 0.950 bits per heavy atom. The summed E-state index contributed by atoms with van der Waals surface area (Å²) in [6.45, 7) is 23.6. The number of aliphatic hydroxyl groups excluding tert-OH is 3. The molecule has 0 rings (SSSR count). The molecule has 14 nitrogen and oxygen atoms in total. The number of carboxylic acids is 1. The largest absolute Gasteiger partial charge is 0.480 e.